The van der Waals surface area contributed by atoms with Crippen molar-refractivity contribution in [1.82, 2.24) is 19.7 Å². The molecule has 2 aromatic heterocycles. The highest BCUT2D eigenvalue weighted by Crippen LogP contribution is 2.13. The van der Waals surface area contributed by atoms with Crippen LogP contribution in [0.25, 0.3) is 5.82 Å². The minimum absolute atomic E-state index is 0.0287. The van der Waals surface area contributed by atoms with Crippen molar-refractivity contribution in [3.8, 4) is 11.9 Å². The Kier molecular flexibility index (Phi) is 2.42. The number of hydrogen-bond acceptors (Lipinski definition) is 6. The molecule has 0 aliphatic carbocycles. The number of rotatable bonds is 2. The van der Waals surface area contributed by atoms with Crippen molar-refractivity contribution in [2.24, 2.45) is 5.73 Å². The lowest BCUT2D eigenvalue weighted by Crippen LogP contribution is -2.16. The van der Waals surface area contributed by atoms with Gasteiger partial charge >= 0.3 is 0 Å². The topological polar surface area (TPSA) is 136 Å². The molecule has 0 radical (unpaired) electrons. The maximum absolute atomic E-state index is 11.2. The zero-order valence-electron chi connectivity index (χ0n) is 8.53. The van der Waals surface area contributed by atoms with E-state index in [2.05, 4.69) is 15.1 Å². The molecule has 0 saturated carbocycles. The smallest absolute Gasteiger partial charge is 0.252 e. The van der Waals surface area contributed by atoms with E-state index in [1.165, 1.54) is 23.3 Å². The number of nitrogens with two attached hydrogens (primary N) is 2. The van der Waals surface area contributed by atoms with Gasteiger partial charge in [-0.05, 0) is 6.07 Å². The predicted molar refractivity (Wildman–Crippen MR) is 56.8 cm³/mol. The molecule has 0 saturated heterocycles. The lowest BCUT2D eigenvalue weighted by molar-refractivity contribution is 0.1000. The van der Waals surface area contributed by atoms with Crippen LogP contribution in [0.4, 0.5) is 5.69 Å². The van der Waals surface area contributed by atoms with Crippen molar-refractivity contribution in [3.05, 3.63) is 30.0 Å². The van der Waals surface area contributed by atoms with Crippen LogP contribution in [-0.2, 0) is 0 Å². The molecule has 4 N–H and O–H groups in total. The Morgan fingerprint density at radius 1 is 1.47 bits per heavy atom. The summed E-state index contributed by atoms with van der Waals surface area (Å²) in [6.07, 6.45) is 2.62. The van der Waals surface area contributed by atoms with Gasteiger partial charge in [-0.1, -0.05) is 0 Å². The number of carbonyl (C=O) groups excluding carboxylic acids is 1. The SMILES string of the molecule is N#Cc1ncn(-c2ncc(N)cc2C(N)=O)n1. The summed E-state index contributed by atoms with van der Waals surface area (Å²) in [5.41, 5.74) is 11.1. The fraction of sp³-hybridized carbons (Fsp3) is 0. The molecule has 0 aliphatic rings. The number of nitrogen functional groups attached to an aromatic ring is 1. The van der Waals surface area contributed by atoms with E-state index in [1.807, 2.05) is 0 Å². The first kappa shape index (κ1) is 10.6. The second-order valence-corrected chi connectivity index (χ2v) is 3.13. The standard InChI is InChI=1S/C9H7N7O/c10-2-7-14-4-16(15-7)9-6(8(12)17)1-5(11)3-13-9/h1,3-4H,11H2,(H2,12,17). The van der Waals surface area contributed by atoms with Crippen LogP contribution in [0.3, 0.4) is 0 Å². The van der Waals surface area contributed by atoms with Crippen LogP contribution in [-0.4, -0.2) is 25.7 Å². The number of primary amides is 1. The van der Waals surface area contributed by atoms with E-state index in [-0.39, 0.29) is 17.2 Å². The number of nitriles is 1. The molecule has 2 aromatic rings. The molecule has 84 valence electrons. The van der Waals surface area contributed by atoms with Crippen LogP contribution in [0.1, 0.15) is 16.2 Å². The Hall–Kier alpha value is -2.95. The maximum Gasteiger partial charge on any atom is 0.252 e. The zero-order chi connectivity index (χ0) is 12.4. The Morgan fingerprint density at radius 3 is 2.82 bits per heavy atom. The summed E-state index contributed by atoms with van der Waals surface area (Å²) in [5, 5.41) is 12.4. The van der Waals surface area contributed by atoms with Gasteiger partial charge in [0, 0.05) is 0 Å². The summed E-state index contributed by atoms with van der Waals surface area (Å²) < 4.78 is 1.19. The Balaban J connectivity index is 2.59. The van der Waals surface area contributed by atoms with E-state index in [0.717, 1.165) is 0 Å². The number of carbonyl (C=O) groups is 1. The highest BCUT2D eigenvalue weighted by atomic mass is 16.1. The van der Waals surface area contributed by atoms with Gasteiger partial charge in [-0.25, -0.2) is 14.6 Å². The fourth-order valence-corrected chi connectivity index (χ4v) is 1.25. The Morgan fingerprint density at radius 2 is 2.24 bits per heavy atom. The third-order valence-corrected chi connectivity index (χ3v) is 1.96. The van der Waals surface area contributed by atoms with Crippen LogP contribution in [0.15, 0.2) is 18.6 Å². The van der Waals surface area contributed by atoms with E-state index in [4.69, 9.17) is 16.7 Å². The minimum Gasteiger partial charge on any atom is -0.397 e. The molecule has 0 aromatic carbocycles. The normalized spacial score (nSPS) is 9.82. The number of amides is 1. The Bertz CT molecular complexity index is 625. The second-order valence-electron chi connectivity index (χ2n) is 3.13. The maximum atomic E-state index is 11.2. The van der Waals surface area contributed by atoms with Gasteiger partial charge in [-0.2, -0.15) is 5.26 Å². The summed E-state index contributed by atoms with van der Waals surface area (Å²) in [7, 11) is 0. The third-order valence-electron chi connectivity index (χ3n) is 1.96. The molecule has 2 heterocycles. The number of hydrogen-bond donors (Lipinski definition) is 2. The predicted octanol–water partition coefficient (Wildman–Crippen LogP) is -0.785. The molecule has 0 unspecified atom stereocenters. The van der Waals surface area contributed by atoms with Crippen molar-refractivity contribution in [2.45, 2.75) is 0 Å². The minimum atomic E-state index is -0.686. The van der Waals surface area contributed by atoms with E-state index >= 15 is 0 Å². The molecule has 0 bridgehead atoms. The molecule has 2 rings (SSSR count). The van der Waals surface area contributed by atoms with Crippen molar-refractivity contribution < 1.29 is 4.79 Å². The van der Waals surface area contributed by atoms with E-state index in [9.17, 15) is 4.79 Å². The monoisotopic (exact) mass is 229 g/mol. The summed E-state index contributed by atoms with van der Waals surface area (Å²) in [6.45, 7) is 0. The van der Waals surface area contributed by atoms with Gasteiger partial charge < -0.3 is 11.5 Å². The van der Waals surface area contributed by atoms with Crippen molar-refractivity contribution in [3.63, 3.8) is 0 Å². The van der Waals surface area contributed by atoms with E-state index in [1.54, 1.807) is 6.07 Å². The molecule has 1 amide bonds. The average molecular weight is 229 g/mol. The molecular weight excluding hydrogens is 222 g/mol. The molecule has 0 atom stereocenters. The fourth-order valence-electron chi connectivity index (χ4n) is 1.25. The van der Waals surface area contributed by atoms with Crippen molar-refractivity contribution in [1.29, 1.82) is 5.26 Å². The molecule has 17 heavy (non-hydrogen) atoms. The van der Waals surface area contributed by atoms with Crippen LogP contribution in [0.5, 0.6) is 0 Å². The quantitative estimate of drug-likeness (QED) is 0.692. The van der Waals surface area contributed by atoms with Crippen LogP contribution >= 0.6 is 0 Å². The first-order valence-corrected chi connectivity index (χ1v) is 4.49. The summed E-state index contributed by atoms with van der Waals surface area (Å²) in [6, 6.07) is 3.15. The highest BCUT2D eigenvalue weighted by Gasteiger charge is 2.13. The van der Waals surface area contributed by atoms with Crippen molar-refractivity contribution >= 4 is 11.6 Å². The van der Waals surface area contributed by atoms with Gasteiger partial charge in [-0.3, -0.25) is 4.79 Å². The Labute approximate surface area is 95.5 Å². The van der Waals surface area contributed by atoms with E-state index < -0.39 is 5.91 Å². The zero-order valence-corrected chi connectivity index (χ0v) is 8.53. The van der Waals surface area contributed by atoms with Gasteiger partial charge in [0.05, 0.1) is 17.4 Å². The van der Waals surface area contributed by atoms with Crippen LogP contribution < -0.4 is 11.5 Å². The average Bonchev–Trinajstić information content (AvgIpc) is 2.77. The lowest BCUT2D eigenvalue weighted by atomic mass is 10.2. The molecule has 0 spiro atoms. The van der Waals surface area contributed by atoms with Gasteiger partial charge in [0.1, 0.15) is 12.4 Å². The molecule has 0 fully saturated rings. The van der Waals surface area contributed by atoms with Crippen molar-refractivity contribution in [2.75, 3.05) is 5.73 Å². The number of nitrogens with zero attached hydrogens (tertiary/aromatic N) is 5. The van der Waals surface area contributed by atoms with Gasteiger partial charge in [0.25, 0.3) is 11.7 Å². The summed E-state index contributed by atoms with van der Waals surface area (Å²) >= 11 is 0. The van der Waals surface area contributed by atoms with Crippen LogP contribution in [0, 0.1) is 11.3 Å². The number of anilines is 1. The van der Waals surface area contributed by atoms with Gasteiger partial charge in [0.15, 0.2) is 5.82 Å². The summed E-state index contributed by atoms with van der Waals surface area (Å²) in [4.78, 5) is 18.9. The third kappa shape index (κ3) is 1.89. The van der Waals surface area contributed by atoms with Gasteiger partial charge in [0.2, 0.25) is 0 Å². The number of pyridine rings is 1. The largest absolute Gasteiger partial charge is 0.397 e. The summed E-state index contributed by atoms with van der Waals surface area (Å²) in [5.74, 6) is -0.534. The lowest BCUT2D eigenvalue weighted by Gasteiger charge is -2.05. The molecular formula is C9H7N7O. The highest BCUT2D eigenvalue weighted by molar-refractivity contribution is 5.96. The van der Waals surface area contributed by atoms with Crippen LogP contribution in [0.2, 0.25) is 0 Å². The molecule has 0 aliphatic heterocycles. The first-order chi connectivity index (χ1) is 8.11. The number of aromatic nitrogens is 4. The van der Waals surface area contributed by atoms with E-state index in [0.29, 0.717) is 5.69 Å². The first-order valence-electron chi connectivity index (χ1n) is 4.49. The molecule has 8 nitrogen and oxygen atoms in total. The second kappa shape index (κ2) is 3.90. The molecule has 8 heteroatoms. The van der Waals surface area contributed by atoms with Gasteiger partial charge in [-0.15, -0.1) is 5.10 Å².